The fourth-order valence-electron chi connectivity index (χ4n) is 3.95. The standard InChI is InChI=1S/C24H27N7O/c1-16(2)9-11-26-24(32)23-17(3)31(29-28-23)21-6-4-5-19-15-30(12-10-20(19)21)22-8-7-18(13-25)14-27-22/h4-8,14,16H,9-12,15H2,1-3H3,(H,26,32). The summed E-state index contributed by atoms with van der Waals surface area (Å²) in [6.07, 6.45) is 3.35. The first-order valence-electron chi connectivity index (χ1n) is 10.9. The van der Waals surface area contributed by atoms with Crippen molar-refractivity contribution in [1.29, 1.82) is 5.26 Å². The van der Waals surface area contributed by atoms with Crippen LogP contribution in [0.1, 0.15) is 53.1 Å². The van der Waals surface area contributed by atoms with Gasteiger partial charge in [-0.25, -0.2) is 9.67 Å². The molecule has 0 saturated heterocycles. The Morgan fingerprint density at radius 2 is 2.12 bits per heavy atom. The molecular formula is C24H27N7O. The summed E-state index contributed by atoms with van der Waals surface area (Å²) in [6, 6.07) is 11.9. The average molecular weight is 430 g/mol. The quantitative estimate of drug-likeness (QED) is 0.646. The Labute approximate surface area is 187 Å². The number of aromatic nitrogens is 4. The maximum absolute atomic E-state index is 12.6. The summed E-state index contributed by atoms with van der Waals surface area (Å²) in [4.78, 5) is 19.2. The number of hydrogen-bond acceptors (Lipinski definition) is 6. The van der Waals surface area contributed by atoms with Gasteiger partial charge in [0.05, 0.1) is 16.9 Å². The second-order valence-corrected chi connectivity index (χ2v) is 8.48. The van der Waals surface area contributed by atoms with Crippen molar-refractivity contribution in [2.24, 2.45) is 5.92 Å². The minimum atomic E-state index is -0.183. The zero-order chi connectivity index (χ0) is 22.7. The van der Waals surface area contributed by atoms with Crippen LogP contribution in [0.15, 0.2) is 36.5 Å². The van der Waals surface area contributed by atoms with Gasteiger partial charge in [0.25, 0.3) is 5.91 Å². The lowest BCUT2D eigenvalue weighted by Gasteiger charge is -2.31. The van der Waals surface area contributed by atoms with E-state index in [2.05, 4.69) is 51.5 Å². The van der Waals surface area contributed by atoms with E-state index in [1.165, 1.54) is 11.1 Å². The average Bonchev–Trinajstić information content (AvgIpc) is 3.19. The van der Waals surface area contributed by atoms with E-state index in [-0.39, 0.29) is 5.91 Å². The van der Waals surface area contributed by atoms with Gasteiger partial charge in [0.1, 0.15) is 11.9 Å². The van der Waals surface area contributed by atoms with Crippen molar-refractivity contribution in [3.05, 3.63) is 64.6 Å². The SMILES string of the molecule is Cc1c(C(=O)NCCC(C)C)nnn1-c1cccc2c1CCN(c1ccc(C#N)cn1)C2. The summed E-state index contributed by atoms with van der Waals surface area (Å²) in [6.45, 7) is 8.29. The van der Waals surface area contributed by atoms with E-state index >= 15 is 0 Å². The summed E-state index contributed by atoms with van der Waals surface area (Å²) in [5.74, 6) is 1.21. The molecule has 1 aliphatic heterocycles. The third kappa shape index (κ3) is 4.33. The molecule has 0 aliphatic carbocycles. The molecule has 0 bridgehead atoms. The number of carbonyl (C=O) groups excluding carboxylic acids is 1. The van der Waals surface area contributed by atoms with Crippen molar-refractivity contribution in [3.8, 4) is 11.8 Å². The first kappa shape index (κ1) is 21.5. The Bertz CT molecular complexity index is 1160. The third-order valence-electron chi connectivity index (χ3n) is 5.79. The van der Waals surface area contributed by atoms with E-state index in [0.29, 0.717) is 23.7 Å². The van der Waals surface area contributed by atoms with Crippen LogP contribution in [0.2, 0.25) is 0 Å². The Hall–Kier alpha value is -3.73. The van der Waals surface area contributed by atoms with Gasteiger partial charge in [-0.2, -0.15) is 5.26 Å². The Morgan fingerprint density at radius 3 is 2.84 bits per heavy atom. The van der Waals surface area contributed by atoms with E-state index in [1.807, 2.05) is 25.1 Å². The lowest BCUT2D eigenvalue weighted by molar-refractivity contribution is 0.0946. The highest BCUT2D eigenvalue weighted by molar-refractivity contribution is 5.93. The van der Waals surface area contributed by atoms with Crippen LogP contribution < -0.4 is 10.2 Å². The number of pyridine rings is 1. The number of hydrogen-bond donors (Lipinski definition) is 1. The first-order chi connectivity index (χ1) is 15.5. The number of carbonyl (C=O) groups is 1. The van der Waals surface area contributed by atoms with Crippen molar-refractivity contribution in [2.75, 3.05) is 18.0 Å². The number of nitrogens with one attached hydrogen (secondary N) is 1. The van der Waals surface area contributed by atoms with Gasteiger partial charge in [-0.1, -0.05) is 31.2 Å². The number of benzene rings is 1. The zero-order valence-corrected chi connectivity index (χ0v) is 18.7. The highest BCUT2D eigenvalue weighted by atomic mass is 16.2. The molecule has 3 heterocycles. The molecule has 1 N–H and O–H groups in total. The predicted octanol–water partition coefficient (Wildman–Crippen LogP) is 3.18. The highest BCUT2D eigenvalue weighted by Crippen LogP contribution is 2.28. The fourth-order valence-corrected chi connectivity index (χ4v) is 3.95. The molecule has 1 amide bonds. The van der Waals surface area contributed by atoms with E-state index in [1.54, 1.807) is 16.9 Å². The molecule has 8 heteroatoms. The van der Waals surface area contributed by atoms with Crippen LogP contribution in [0.4, 0.5) is 5.82 Å². The molecule has 164 valence electrons. The molecule has 0 atom stereocenters. The van der Waals surface area contributed by atoms with Crippen LogP contribution in [0.25, 0.3) is 5.69 Å². The van der Waals surface area contributed by atoms with Crippen LogP contribution in [0, 0.1) is 24.2 Å². The van der Waals surface area contributed by atoms with Crippen LogP contribution in [0.3, 0.4) is 0 Å². The Kier molecular flexibility index (Phi) is 6.17. The smallest absolute Gasteiger partial charge is 0.273 e. The van der Waals surface area contributed by atoms with Crippen molar-refractivity contribution in [3.63, 3.8) is 0 Å². The van der Waals surface area contributed by atoms with Crippen molar-refractivity contribution >= 4 is 11.7 Å². The summed E-state index contributed by atoms with van der Waals surface area (Å²) in [5.41, 5.74) is 5.01. The fraction of sp³-hybridized carbons (Fsp3) is 0.375. The monoisotopic (exact) mass is 429 g/mol. The maximum Gasteiger partial charge on any atom is 0.273 e. The minimum Gasteiger partial charge on any atom is -0.352 e. The van der Waals surface area contributed by atoms with Crippen LogP contribution in [-0.2, 0) is 13.0 Å². The summed E-state index contributed by atoms with van der Waals surface area (Å²) < 4.78 is 1.77. The molecule has 1 aliphatic rings. The molecule has 0 saturated carbocycles. The Morgan fingerprint density at radius 1 is 1.28 bits per heavy atom. The van der Waals surface area contributed by atoms with Crippen LogP contribution in [0.5, 0.6) is 0 Å². The zero-order valence-electron chi connectivity index (χ0n) is 18.7. The summed E-state index contributed by atoms with van der Waals surface area (Å²) in [5, 5.41) is 20.4. The molecule has 0 unspecified atom stereocenters. The largest absolute Gasteiger partial charge is 0.352 e. The molecule has 8 nitrogen and oxygen atoms in total. The molecule has 2 aromatic heterocycles. The van der Waals surface area contributed by atoms with Gasteiger partial charge in [-0.15, -0.1) is 5.10 Å². The number of anilines is 1. The van der Waals surface area contributed by atoms with Crippen molar-refractivity contribution in [2.45, 2.75) is 40.2 Å². The number of nitriles is 1. The minimum absolute atomic E-state index is 0.183. The van der Waals surface area contributed by atoms with Crippen molar-refractivity contribution in [1.82, 2.24) is 25.3 Å². The molecule has 32 heavy (non-hydrogen) atoms. The Balaban J connectivity index is 1.55. The lowest BCUT2D eigenvalue weighted by atomic mass is 9.97. The van der Waals surface area contributed by atoms with Crippen LogP contribution >= 0.6 is 0 Å². The van der Waals surface area contributed by atoms with Gasteiger partial charge in [0, 0.05) is 25.8 Å². The van der Waals surface area contributed by atoms with Gasteiger partial charge in [-0.3, -0.25) is 4.79 Å². The molecule has 3 aromatic rings. The second kappa shape index (κ2) is 9.18. The second-order valence-electron chi connectivity index (χ2n) is 8.48. The van der Waals surface area contributed by atoms with Gasteiger partial charge < -0.3 is 10.2 Å². The maximum atomic E-state index is 12.6. The molecule has 0 radical (unpaired) electrons. The van der Waals surface area contributed by atoms with E-state index in [0.717, 1.165) is 43.1 Å². The molecule has 0 spiro atoms. The topological polar surface area (TPSA) is 99.7 Å². The predicted molar refractivity (Wildman–Crippen MR) is 122 cm³/mol. The van der Waals surface area contributed by atoms with Crippen molar-refractivity contribution < 1.29 is 4.79 Å². The lowest BCUT2D eigenvalue weighted by Crippen LogP contribution is -2.31. The van der Waals surface area contributed by atoms with Gasteiger partial charge in [-0.05, 0) is 55.0 Å². The third-order valence-corrected chi connectivity index (χ3v) is 5.79. The number of amides is 1. The first-order valence-corrected chi connectivity index (χ1v) is 10.9. The number of nitrogens with zero attached hydrogens (tertiary/aromatic N) is 6. The van der Waals surface area contributed by atoms with E-state index in [4.69, 9.17) is 5.26 Å². The number of rotatable bonds is 6. The van der Waals surface area contributed by atoms with Gasteiger partial charge in [0.2, 0.25) is 0 Å². The van der Waals surface area contributed by atoms with Gasteiger partial charge >= 0.3 is 0 Å². The molecule has 0 fully saturated rings. The van der Waals surface area contributed by atoms with Gasteiger partial charge in [0.15, 0.2) is 5.69 Å². The summed E-state index contributed by atoms with van der Waals surface area (Å²) in [7, 11) is 0. The number of fused-ring (bicyclic) bond motifs is 1. The normalized spacial score (nSPS) is 13.0. The van der Waals surface area contributed by atoms with E-state index < -0.39 is 0 Å². The molecular weight excluding hydrogens is 402 g/mol. The van der Waals surface area contributed by atoms with E-state index in [9.17, 15) is 4.79 Å². The molecule has 4 rings (SSSR count). The summed E-state index contributed by atoms with van der Waals surface area (Å²) >= 11 is 0. The molecule has 1 aromatic carbocycles. The highest BCUT2D eigenvalue weighted by Gasteiger charge is 2.23. The van der Waals surface area contributed by atoms with Crippen LogP contribution in [-0.4, -0.2) is 39.0 Å².